The highest BCUT2D eigenvalue weighted by Crippen LogP contribution is 2.26. The molecule has 0 atom stereocenters. The van der Waals surface area contributed by atoms with E-state index in [1.54, 1.807) is 12.5 Å². The van der Waals surface area contributed by atoms with Gasteiger partial charge in [-0.15, -0.1) is 0 Å². The minimum Gasteiger partial charge on any atom is -0.301 e. The first-order chi connectivity index (χ1) is 8.45. The van der Waals surface area contributed by atoms with Crippen molar-refractivity contribution in [1.29, 1.82) is 0 Å². The summed E-state index contributed by atoms with van der Waals surface area (Å²) in [6.07, 6.45) is 7.24. The molecule has 0 saturated heterocycles. The molecule has 0 amide bonds. The van der Waals surface area contributed by atoms with Crippen LogP contribution in [-0.2, 0) is 0 Å². The van der Waals surface area contributed by atoms with Gasteiger partial charge in [-0.3, -0.25) is 0 Å². The van der Waals surface area contributed by atoms with Crippen LogP contribution >= 0.6 is 0 Å². The summed E-state index contributed by atoms with van der Waals surface area (Å²) in [6.45, 7) is 0. The lowest BCUT2D eigenvalue weighted by molar-refractivity contribution is 1.18. The van der Waals surface area contributed by atoms with E-state index in [9.17, 15) is 0 Å². The van der Waals surface area contributed by atoms with Crippen molar-refractivity contribution in [3.05, 3.63) is 49.2 Å². The van der Waals surface area contributed by atoms with Gasteiger partial charge in [0.1, 0.15) is 12.0 Å². The van der Waals surface area contributed by atoms with Crippen LogP contribution in [0.1, 0.15) is 0 Å². The lowest BCUT2D eigenvalue weighted by atomic mass is 10.2. The molecule has 4 nitrogen and oxygen atoms in total. The van der Waals surface area contributed by atoms with Crippen molar-refractivity contribution in [2.75, 3.05) is 0 Å². The summed E-state index contributed by atoms with van der Waals surface area (Å²) in [6, 6.07) is 8.03. The van der Waals surface area contributed by atoms with Gasteiger partial charge < -0.3 is 4.40 Å². The number of aromatic nitrogens is 4. The number of rotatable bonds is 0. The SMILES string of the molecule is c1cnc2c(c1)c1ncncc1c1cccn12. The fourth-order valence-corrected chi connectivity index (χ4v) is 2.29. The molecular formula is C13H8N4. The summed E-state index contributed by atoms with van der Waals surface area (Å²) < 4.78 is 2.07. The van der Waals surface area contributed by atoms with Crippen molar-refractivity contribution in [3.63, 3.8) is 0 Å². The van der Waals surface area contributed by atoms with E-state index in [-0.39, 0.29) is 0 Å². The van der Waals surface area contributed by atoms with Crippen molar-refractivity contribution in [1.82, 2.24) is 19.4 Å². The van der Waals surface area contributed by atoms with E-state index in [0.29, 0.717) is 0 Å². The van der Waals surface area contributed by atoms with Crippen molar-refractivity contribution in [3.8, 4) is 0 Å². The third-order valence-corrected chi connectivity index (χ3v) is 3.01. The standard InChI is InChI=1S/C13H8N4/c1-3-9-12-10(7-14-8-16-12)11-4-2-6-17(11)13(9)15-5-1/h1-8H. The topological polar surface area (TPSA) is 43.1 Å². The largest absolute Gasteiger partial charge is 0.301 e. The zero-order valence-electron chi connectivity index (χ0n) is 8.91. The molecule has 17 heavy (non-hydrogen) atoms. The Hall–Kier alpha value is -2.49. The molecule has 0 unspecified atom stereocenters. The second-order valence-electron chi connectivity index (χ2n) is 3.92. The van der Waals surface area contributed by atoms with Crippen LogP contribution in [0.3, 0.4) is 0 Å². The first kappa shape index (κ1) is 8.64. The van der Waals surface area contributed by atoms with Gasteiger partial charge in [0, 0.05) is 29.4 Å². The van der Waals surface area contributed by atoms with Crippen LogP contribution in [0.5, 0.6) is 0 Å². The second kappa shape index (κ2) is 3.01. The Bertz CT molecular complexity index is 778. The fourth-order valence-electron chi connectivity index (χ4n) is 2.29. The maximum Gasteiger partial charge on any atom is 0.146 e. The second-order valence-corrected chi connectivity index (χ2v) is 3.92. The van der Waals surface area contributed by atoms with Crippen LogP contribution < -0.4 is 0 Å². The van der Waals surface area contributed by atoms with Crippen molar-refractivity contribution in [2.24, 2.45) is 0 Å². The van der Waals surface area contributed by atoms with Crippen molar-refractivity contribution in [2.45, 2.75) is 0 Å². The molecule has 0 aromatic carbocycles. The first-order valence-electron chi connectivity index (χ1n) is 5.38. The molecule has 0 bridgehead atoms. The average Bonchev–Trinajstić information content (AvgIpc) is 2.89. The van der Waals surface area contributed by atoms with E-state index in [2.05, 4.69) is 25.4 Å². The van der Waals surface area contributed by atoms with E-state index in [1.165, 1.54) is 0 Å². The quantitative estimate of drug-likeness (QED) is 0.427. The van der Waals surface area contributed by atoms with Crippen molar-refractivity contribution >= 4 is 27.5 Å². The molecule has 0 aliphatic rings. The molecular weight excluding hydrogens is 212 g/mol. The van der Waals surface area contributed by atoms with E-state index < -0.39 is 0 Å². The summed E-state index contributed by atoms with van der Waals surface area (Å²) >= 11 is 0. The average molecular weight is 220 g/mol. The summed E-state index contributed by atoms with van der Waals surface area (Å²) in [4.78, 5) is 12.9. The summed E-state index contributed by atoms with van der Waals surface area (Å²) in [5.74, 6) is 0. The smallest absolute Gasteiger partial charge is 0.146 e. The van der Waals surface area contributed by atoms with E-state index in [4.69, 9.17) is 0 Å². The maximum atomic E-state index is 4.43. The predicted molar refractivity (Wildman–Crippen MR) is 65.8 cm³/mol. The Morgan fingerprint density at radius 2 is 2.00 bits per heavy atom. The Morgan fingerprint density at radius 3 is 3.00 bits per heavy atom. The summed E-state index contributed by atoms with van der Waals surface area (Å²) in [5.41, 5.74) is 2.97. The molecule has 0 radical (unpaired) electrons. The van der Waals surface area contributed by atoms with Gasteiger partial charge in [0.2, 0.25) is 0 Å². The third kappa shape index (κ3) is 1.04. The lowest BCUT2D eigenvalue weighted by Gasteiger charge is -2.06. The van der Waals surface area contributed by atoms with Crippen LogP contribution in [0.25, 0.3) is 27.5 Å². The van der Waals surface area contributed by atoms with Crippen LogP contribution in [0, 0.1) is 0 Å². The number of fused-ring (bicyclic) bond motifs is 6. The fraction of sp³-hybridized carbons (Fsp3) is 0. The van der Waals surface area contributed by atoms with Gasteiger partial charge >= 0.3 is 0 Å². The van der Waals surface area contributed by atoms with Crippen molar-refractivity contribution < 1.29 is 0 Å². The third-order valence-electron chi connectivity index (χ3n) is 3.01. The Labute approximate surface area is 96.6 Å². The molecule has 4 heteroatoms. The normalized spacial score (nSPS) is 11.5. The van der Waals surface area contributed by atoms with Crippen LogP contribution in [0.15, 0.2) is 49.2 Å². The molecule has 0 fully saturated rings. The van der Waals surface area contributed by atoms with Gasteiger partial charge in [0.15, 0.2) is 0 Å². The molecule has 0 saturated carbocycles. The molecule has 4 heterocycles. The lowest BCUT2D eigenvalue weighted by Crippen LogP contribution is -1.93. The Balaban J connectivity index is 2.48. The van der Waals surface area contributed by atoms with Gasteiger partial charge in [0.05, 0.1) is 11.0 Å². The zero-order valence-corrected chi connectivity index (χ0v) is 8.91. The molecule has 4 aromatic heterocycles. The van der Waals surface area contributed by atoms with Crippen LogP contribution in [-0.4, -0.2) is 19.4 Å². The number of hydrogen-bond donors (Lipinski definition) is 0. The van der Waals surface area contributed by atoms with Gasteiger partial charge in [-0.25, -0.2) is 15.0 Å². The monoisotopic (exact) mass is 220 g/mol. The predicted octanol–water partition coefficient (Wildman–Crippen LogP) is 2.43. The van der Waals surface area contributed by atoms with E-state index >= 15 is 0 Å². The summed E-state index contributed by atoms with van der Waals surface area (Å²) in [7, 11) is 0. The zero-order chi connectivity index (χ0) is 11.2. The molecule has 4 aromatic rings. The molecule has 0 spiro atoms. The molecule has 4 rings (SSSR count). The van der Waals surface area contributed by atoms with Gasteiger partial charge in [-0.05, 0) is 24.3 Å². The van der Waals surface area contributed by atoms with Crippen LogP contribution in [0.4, 0.5) is 0 Å². The first-order valence-corrected chi connectivity index (χ1v) is 5.38. The molecule has 0 N–H and O–H groups in total. The Kier molecular flexibility index (Phi) is 1.53. The van der Waals surface area contributed by atoms with Gasteiger partial charge in [-0.1, -0.05) is 0 Å². The minimum atomic E-state index is 0.929. The number of pyridine rings is 2. The summed E-state index contributed by atoms with van der Waals surface area (Å²) in [5, 5.41) is 2.10. The highest BCUT2D eigenvalue weighted by atomic mass is 15.0. The van der Waals surface area contributed by atoms with Gasteiger partial charge in [0.25, 0.3) is 0 Å². The van der Waals surface area contributed by atoms with Gasteiger partial charge in [-0.2, -0.15) is 0 Å². The Morgan fingerprint density at radius 1 is 1.00 bits per heavy atom. The maximum absolute atomic E-state index is 4.43. The van der Waals surface area contributed by atoms with E-state index in [0.717, 1.165) is 27.5 Å². The molecule has 80 valence electrons. The molecule has 0 aliphatic carbocycles. The van der Waals surface area contributed by atoms with E-state index in [1.807, 2.05) is 30.6 Å². The highest BCUT2D eigenvalue weighted by molar-refractivity contribution is 6.08. The minimum absolute atomic E-state index is 0.929. The number of hydrogen-bond acceptors (Lipinski definition) is 3. The van der Waals surface area contributed by atoms with Crippen LogP contribution in [0.2, 0.25) is 0 Å². The number of nitrogens with zero attached hydrogens (tertiary/aromatic N) is 4. The molecule has 0 aliphatic heterocycles. The highest BCUT2D eigenvalue weighted by Gasteiger charge is 2.08.